The average Bonchev–Trinajstić information content (AvgIpc) is 3.35. The smallest absolute Gasteiger partial charge is 0.123 e. The topological polar surface area (TPSA) is 24.8 Å². The molecule has 0 N–H and O–H groups in total. The van der Waals surface area contributed by atoms with Crippen LogP contribution in [0.1, 0.15) is 44.6 Å². The molecule has 0 aromatic heterocycles. The summed E-state index contributed by atoms with van der Waals surface area (Å²) in [4.78, 5) is 7.91. The molecule has 1 aromatic rings. The summed E-state index contributed by atoms with van der Waals surface area (Å²) >= 11 is 0. The van der Waals surface area contributed by atoms with Gasteiger partial charge in [-0.05, 0) is 55.2 Å². The second kappa shape index (κ2) is 5.54. The second-order valence-corrected chi connectivity index (χ2v) is 8.47. The average molecular weight is 342 g/mol. The van der Waals surface area contributed by atoms with Crippen molar-refractivity contribution in [2.45, 2.75) is 50.0 Å². The second-order valence-electron chi connectivity index (χ2n) is 8.47. The van der Waals surface area contributed by atoms with Crippen LogP contribution in [-0.2, 0) is 10.2 Å². The third-order valence-electron chi connectivity index (χ3n) is 7.70. The number of hydrogen-bond acceptors (Lipinski definition) is 3. The minimum Gasteiger partial charge on any atom is -0.378 e. The number of rotatable bonds is 1. The van der Waals surface area contributed by atoms with Gasteiger partial charge >= 0.3 is 0 Å². The van der Waals surface area contributed by atoms with Gasteiger partial charge < -0.3 is 9.64 Å². The summed E-state index contributed by atoms with van der Waals surface area (Å²) in [5, 5.41) is 0. The van der Waals surface area contributed by atoms with Crippen LogP contribution < -0.4 is 0 Å². The Morgan fingerprint density at radius 3 is 2.60 bits per heavy atom. The first-order valence-electron chi connectivity index (χ1n) is 9.81. The van der Waals surface area contributed by atoms with Gasteiger partial charge in [0, 0.05) is 24.9 Å². The quantitative estimate of drug-likeness (QED) is 0.776. The highest BCUT2D eigenvalue weighted by molar-refractivity contribution is 5.85. The zero-order valence-electron chi connectivity index (χ0n) is 15.0. The number of hydrogen-bond donors (Lipinski definition) is 0. The Labute approximate surface area is 149 Å². The van der Waals surface area contributed by atoms with Gasteiger partial charge in [-0.2, -0.15) is 0 Å². The Balaban J connectivity index is 1.56. The molecule has 4 aliphatic rings. The Morgan fingerprint density at radius 1 is 1.12 bits per heavy atom. The van der Waals surface area contributed by atoms with Crippen LogP contribution in [0.15, 0.2) is 29.3 Å². The van der Waals surface area contributed by atoms with E-state index in [1.165, 1.54) is 30.7 Å². The van der Waals surface area contributed by atoms with Crippen molar-refractivity contribution in [3.05, 3.63) is 35.6 Å². The SMILES string of the molecule is CC1(c2ccc(F)cc2)C2CCC(C2)C12CCC(N1CCOCC1)=N2. The zero-order valence-corrected chi connectivity index (χ0v) is 15.0. The summed E-state index contributed by atoms with van der Waals surface area (Å²) < 4.78 is 19.0. The molecule has 4 heteroatoms. The Morgan fingerprint density at radius 2 is 1.84 bits per heavy atom. The number of benzene rings is 1. The van der Waals surface area contributed by atoms with E-state index in [-0.39, 0.29) is 16.8 Å². The molecular weight excluding hydrogens is 315 g/mol. The third-order valence-corrected chi connectivity index (χ3v) is 7.70. The fourth-order valence-corrected chi connectivity index (χ4v) is 6.36. The summed E-state index contributed by atoms with van der Waals surface area (Å²) in [6.45, 7) is 5.98. The third kappa shape index (κ3) is 2.09. The highest BCUT2D eigenvalue weighted by Crippen LogP contribution is 2.66. The lowest BCUT2D eigenvalue weighted by molar-refractivity contribution is 0.0673. The van der Waals surface area contributed by atoms with E-state index in [0.29, 0.717) is 11.8 Å². The molecule has 3 nitrogen and oxygen atoms in total. The van der Waals surface area contributed by atoms with Gasteiger partial charge in [0.05, 0.1) is 24.6 Å². The van der Waals surface area contributed by atoms with Gasteiger partial charge in [0.15, 0.2) is 0 Å². The van der Waals surface area contributed by atoms with Crippen molar-refractivity contribution in [3.63, 3.8) is 0 Å². The fourth-order valence-electron chi connectivity index (χ4n) is 6.36. The number of nitrogens with zero attached hydrogens (tertiary/aromatic N) is 2. The van der Waals surface area contributed by atoms with E-state index in [0.717, 1.165) is 39.1 Å². The Bertz CT molecular complexity index is 696. The van der Waals surface area contributed by atoms with Crippen molar-refractivity contribution in [1.82, 2.24) is 4.90 Å². The van der Waals surface area contributed by atoms with Gasteiger partial charge in [0.25, 0.3) is 0 Å². The summed E-state index contributed by atoms with van der Waals surface area (Å²) in [6, 6.07) is 7.28. The molecule has 134 valence electrons. The van der Waals surface area contributed by atoms with Crippen LogP contribution in [0.25, 0.3) is 0 Å². The molecule has 2 saturated carbocycles. The number of aliphatic imine (C=N–C) groups is 1. The number of fused-ring (bicyclic) bond motifs is 3. The van der Waals surface area contributed by atoms with E-state index in [1.807, 2.05) is 12.1 Å². The maximum Gasteiger partial charge on any atom is 0.123 e. The molecule has 1 saturated heterocycles. The summed E-state index contributed by atoms with van der Waals surface area (Å²) in [7, 11) is 0. The van der Waals surface area contributed by atoms with Gasteiger partial charge in [0.1, 0.15) is 5.82 Å². The van der Waals surface area contributed by atoms with Crippen molar-refractivity contribution in [3.8, 4) is 0 Å². The van der Waals surface area contributed by atoms with E-state index in [1.54, 1.807) is 12.1 Å². The Kier molecular flexibility index (Phi) is 3.50. The molecule has 2 aliphatic carbocycles. The van der Waals surface area contributed by atoms with Crippen LogP contribution >= 0.6 is 0 Å². The van der Waals surface area contributed by atoms with Crippen LogP contribution in [-0.4, -0.2) is 42.6 Å². The van der Waals surface area contributed by atoms with Crippen LogP contribution in [0.5, 0.6) is 0 Å². The molecule has 0 radical (unpaired) electrons. The van der Waals surface area contributed by atoms with E-state index in [4.69, 9.17) is 9.73 Å². The Hall–Kier alpha value is -1.42. The van der Waals surface area contributed by atoms with E-state index >= 15 is 0 Å². The van der Waals surface area contributed by atoms with Gasteiger partial charge in [-0.25, -0.2) is 4.39 Å². The van der Waals surface area contributed by atoms with E-state index < -0.39 is 0 Å². The molecule has 2 heterocycles. The monoisotopic (exact) mass is 342 g/mol. The minimum atomic E-state index is -0.145. The van der Waals surface area contributed by atoms with Gasteiger partial charge in [-0.15, -0.1) is 0 Å². The number of halogens is 1. The molecule has 2 aliphatic heterocycles. The molecule has 1 aromatic carbocycles. The molecule has 1 spiro atoms. The van der Waals surface area contributed by atoms with Crippen LogP contribution in [0.4, 0.5) is 4.39 Å². The summed E-state index contributed by atoms with van der Waals surface area (Å²) in [5.41, 5.74) is 1.34. The van der Waals surface area contributed by atoms with Crippen LogP contribution in [0.3, 0.4) is 0 Å². The molecular formula is C21H27FN2O. The lowest BCUT2D eigenvalue weighted by Crippen LogP contribution is -2.51. The first kappa shape index (κ1) is 15.8. The lowest BCUT2D eigenvalue weighted by Gasteiger charge is -2.48. The van der Waals surface area contributed by atoms with Crippen molar-refractivity contribution >= 4 is 5.84 Å². The van der Waals surface area contributed by atoms with Gasteiger partial charge in [0.2, 0.25) is 0 Å². The maximum absolute atomic E-state index is 13.5. The number of amidine groups is 1. The number of morpholine rings is 1. The van der Waals surface area contributed by atoms with Crippen molar-refractivity contribution in [2.75, 3.05) is 26.3 Å². The maximum atomic E-state index is 13.5. The van der Waals surface area contributed by atoms with Crippen LogP contribution in [0.2, 0.25) is 0 Å². The standard InChI is InChI=1S/C21H27FN2O/c1-20(15-4-6-18(22)7-5-15)16-2-3-17(14-16)21(20)9-8-19(23-21)24-10-12-25-13-11-24/h4-7,16-17H,2-3,8-14H2,1H3. The molecule has 4 atom stereocenters. The first-order chi connectivity index (χ1) is 12.1. The fraction of sp³-hybridized carbons (Fsp3) is 0.667. The molecule has 3 fully saturated rings. The van der Waals surface area contributed by atoms with E-state index in [2.05, 4.69) is 11.8 Å². The largest absolute Gasteiger partial charge is 0.378 e. The molecule has 4 unspecified atom stereocenters. The van der Waals surface area contributed by atoms with Crippen LogP contribution in [0, 0.1) is 17.7 Å². The highest BCUT2D eigenvalue weighted by Gasteiger charge is 2.67. The number of ether oxygens (including phenoxy) is 1. The molecule has 0 amide bonds. The molecule has 2 bridgehead atoms. The van der Waals surface area contributed by atoms with Crippen molar-refractivity contribution < 1.29 is 9.13 Å². The van der Waals surface area contributed by atoms with Crippen molar-refractivity contribution in [1.29, 1.82) is 0 Å². The van der Waals surface area contributed by atoms with Gasteiger partial charge in [-0.3, -0.25) is 4.99 Å². The van der Waals surface area contributed by atoms with Gasteiger partial charge in [-0.1, -0.05) is 19.1 Å². The summed E-state index contributed by atoms with van der Waals surface area (Å²) in [6.07, 6.45) is 6.12. The highest BCUT2D eigenvalue weighted by atomic mass is 19.1. The minimum absolute atomic E-state index is 0.0153. The predicted molar refractivity (Wildman–Crippen MR) is 96.4 cm³/mol. The lowest BCUT2D eigenvalue weighted by atomic mass is 9.58. The van der Waals surface area contributed by atoms with E-state index in [9.17, 15) is 4.39 Å². The zero-order chi connectivity index (χ0) is 17.1. The van der Waals surface area contributed by atoms with Crippen molar-refractivity contribution in [2.24, 2.45) is 16.8 Å². The first-order valence-corrected chi connectivity index (χ1v) is 9.81. The summed E-state index contributed by atoms with van der Waals surface area (Å²) in [5.74, 6) is 2.51. The normalized spacial score (nSPS) is 40.1. The molecule has 5 rings (SSSR count). The molecule has 25 heavy (non-hydrogen) atoms. The predicted octanol–water partition coefficient (Wildman–Crippen LogP) is 3.78.